The number of hydrogen-bond donors (Lipinski definition) is 0. The lowest BCUT2D eigenvalue weighted by Gasteiger charge is -2.45. The van der Waals surface area contributed by atoms with Crippen molar-refractivity contribution in [2.45, 2.75) is 78.6 Å². The first-order chi connectivity index (χ1) is 52.4. The van der Waals surface area contributed by atoms with Crippen LogP contribution in [0.15, 0.2) is 330 Å². The molecule has 18 aromatic rings. The third-order valence-corrected chi connectivity index (χ3v) is 23.0. The number of nitrogens with zero attached hydrogens (tertiary/aromatic N) is 3. The third kappa shape index (κ3) is 10.5. The van der Waals surface area contributed by atoms with Crippen molar-refractivity contribution in [3.63, 3.8) is 0 Å². The van der Waals surface area contributed by atoms with Crippen LogP contribution in [0.4, 0.5) is 34.1 Å². The Kier molecular flexibility index (Phi) is 14.7. The zero-order valence-electron chi connectivity index (χ0n) is 62.3. The number of aromatic nitrogens is 1. The van der Waals surface area contributed by atoms with Crippen LogP contribution in [0.5, 0.6) is 0 Å². The van der Waals surface area contributed by atoms with Gasteiger partial charge in [0.25, 0.3) is 6.71 Å². The second-order valence-corrected chi connectivity index (χ2v) is 32.8. The first-order valence-corrected chi connectivity index (χ1v) is 38.0. The standard InChI is InChI=1S/C102H80BN3O2/c1-100(2,3)72-52-70(53-73(59-72)101(4,5)6)67-45-49-87-85(56-67)103-84-48-46-75(105-86-41-25-22-37-78(86)79-47-50-94-96(99(79)105)81-39-24-27-43-92(81)108-94)62-88(84)106(98-82(65-33-18-12-19-34-65)60-74(102(7,8)9)61-83(98)66-35-20-13-21-36-66)90-58-71(77-40-28-44-93-95(77)80-38-23-26-42-91(80)107-93)57-89(97(90)103)104(87)76-54-68(63-29-14-10-15-30-63)51-69(55-76)64-31-16-11-17-32-64/h10-62H,1-9H3. The van der Waals surface area contributed by atoms with Gasteiger partial charge in [-0.25, -0.2) is 0 Å². The molecule has 3 aromatic heterocycles. The van der Waals surface area contributed by atoms with Crippen molar-refractivity contribution in [3.05, 3.63) is 338 Å². The number of benzene rings is 15. The topological polar surface area (TPSA) is 37.7 Å². The second-order valence-electron chi connectivity index (χ2n) is 32.8. The van der Waals surface area contributed by atoms with Crippen molar-refractivity contribution in [1.82, 2.24) is 4.57 Å². The lowest BCUT2D eigenvalue weighted by Crippen LogP contribution is -2.61. The van der Waals surface area contributed by atoms with Crippen LogP contribution in [0.1, 0.15) is 79.0 Å². The highest BCUT2D eigenvalue weighted by atomic mass is 16.3. The summed E-state index contributed by atoms with van der Waals surface area (Å²) in [4.78, 5) is 5.34. The van der Waals surface area contributed by atoms with E-state index in [1.54, 1.807) is 0 Å². The molecule has 518 valence electrons. The number of para-hydroxylation sites is 3. The Balaban J connectivity index is 0.984. The summed E-state index contributed by atoms with van der Waals surface area (Å²) in [7, 11) is 0. The number of rotatable bonds is 9. The van der Waals surface area contributed by atoms with E-state index >= 15 is 0 Å². The van der Waals surface area contributed by atoms with Crippen molar-refractivity contribution in [2.24, 2.45) is 0 Å². The number of fused-ring (bicyclic) bond motifs is 14. The van der Waals surface area contributed by atoms with Crippen molar-refractivity contribution in [3.8, 4) is 72.4 Å². The number of hydrogen-bond acceptors (Lipinski definition) is 4. The zero-order chi connectivity index (χ0) is 73.1. The highest BCUT2D eigenvalue weighted by Crippen LogP contribution is 2.55. The van der Waals surface area contributed by atoms with Gasteiger partial charge in [0, 0.05) is 72.2 Å². The van der Waals surface area contributed by atoms with Gasteiger partial charge in [-0.2, -0.15) is 0 Å². The molecule has 6 heteroatoms. The molecule has 5 heterocycles. The molecule has 0 fully saturated rings. The lowest BCUT2D eigenvalue weighted by molar-refractivity contribution is 0.569. The quantitative estimate of drug-likeness (QED) is 0.135. The van der Waals surface area contributed by atoms with Gasteiger partial charge in [-0.3, -0.25) is 0 Å². The van der Waals surface area contributed by atoms with E-state index in [0.29, 0.717) is 0 Å². The maximum atomic E-state index is 6.89. The molecule has 5 nitrogen and oxygen atoms in total. The van der Waals surface area contributed by atoms with Crippen LogP contribution < -0.4 is 26.2 Å². The largest absolute Gasteiger partial charge is 0.456 e. The molecule has 20 rings (SSSR count). The van der Waals surface area contributed by atoms with Crippen LogP contribution in [-0.2, 0) is 16.2 Å². The maximum absolute atomic E-state index is 6.89. The molecule has 0 atom stereocenters. The Morgan fingerprint density at radius 1 is 0.269 bits per heavy atom. The van der Waals surface area contributed by atoms with Crippen LogP contribution in [0.25, 0.3) is 138 Å². The molecule has 0 spiro atoms. The minimum atomic E-state index is -0.309. The minimum Gasteiger partial charge on any atom is -0.456 e. The fraction of sp³-hybridized carbons (Fsp3) is 0.118. The van der Waals surface area contributed by atoms with Crippen LogP contribution in [-0.4, -0.2) is 11.3 Å². The van der Waals surface area contributed by atoms with Crippen LogP contribution >= 0.6 is 0 Å². The smallest absolute Gasteiger partial charge is 0.252 e. The van der Waals surface area contributed by atoms with Crippen molar-refractivity contribution in [2.75, 3.05) is 9.80 Å². The van der Waals surface area contributed by atoms with Gasteiger partial charge in [0.2, 0.25) is 0 Å². The number of anilines is 6. The number of furan rings is 2. The lowest BCUT2D eigenvalue weighted by atomic mass is 9.33. The fourth-order valence-electron chi connectivity index (χ4n) is 17.5. The molecule has 108 heavy (non-hydrogen) atoms. The summed E-state index contributed by atoms with van der Waals surface area (Å²) in [6, 6.07) is 121. The summed E-state index contributed by atoms with van der Waals surface area (Å²) in [6.45, 7) is 20.8. The molecule has 0 N–H and O–H groups in total. The van der Waals surface area contributed by atoms with Gasteiger partial charge in [-0.1, -0.05) is 287 Å². The molecule has 0 aliphatic carbocycles. The molecular formula is C102H80BN3O2. The van der Waals surface area contributed by atoms with E-state index in [2.05, 4.69) is 398 Å². The summed E-state index contributed by atoms with van der Waals surface area (Å²) >= 11 is 0. The van der Waals surface area contributed by atoms with E-state index in [9.17, 15) is 0 Å². The van der Waals surface area contributed by atoms with E-state index in [-0.39, 0.29) is 23.0 Å². The van der Waals surface area contributed by atoms with Crippen molar-refractivity contribution >= 4 is 123 Å². The minimum absolute atomic E-state index is 0.113. The normalized spacial score (nSPS) is 13.0. The molecule has 0 unspecified atom stereocenters. The van der Waals surface area contributed by atoms with E-state index < -0.39 is 0 Å². The van der Waals surface area contributed by atoms with Gasteiger partial charge in [-0.15, -0.1) is 0 Å². The molecule has 0 amide bonds. The zero-order valence-corrected chi connectivity index (χ0v) is 62.3. The Morgan fingerprint density at radius 2 is 0.769 bits per heavy atom. The summed E-state index contributed by atoms with van der Waals surface area (Å²) < 4.78 is 16.2. The highest BCUT2D eigenvalue weighted by molar-refractivity contribution is 7.00. The van der Waals surface area contributed by atoms with Crippen molar-refractivity contribution in [1.29, 1.82) is 0 Å². The van der Waals surface area contributed by atoms with Gasteiger partial charge in [0.15, 0.2) is 0 Å². The average Bonchev–Trinajstić information content (AvgIpc) is 0.730. The average molecular weight is 1390 g/mol. The highest BCUT2D eigenvalue weighted by Gasteiger charge is 2.46. The van der Waals surface area contributed by atoms with Gasteiger partial charge in [0.05, 0.1) is 22.1 Å². The van der Waals surface area contributed by atoms with E-state index in [0.717, 1.165) is 150 Å². The Labute approximate surface area is 631 Å². The SMILES string of the molecule is CC(C)(C)c1cc(-c2ccc3c(c2)B2c4ccc(-n5c6ccccc6c6ccc7oc8ccccc8c7c65)cc4N(c4c(-c5ccccc5)cc(C(C)(C)C)cc4-c4ccccc4)c4cc(-c5cccc6oc7ccccc7c56)cc(c42)N3c2cc(-c3ccccc3)cc(-c3ccccc3)c2)cc(C(C)(C)C)c1. The fourth-order valence-corrected chi connectivity index (χ4v) is 17.5. The van der Waals surface area contributed by atoms with E-state index in [4.69, 9.17) is 8.83 Å². The molecular weight excluding hydrogens is 1310 g/mol. The van der Waals surface area contributed by atoms with Crippen LogP contribution in [0, 0.1) is 0 Å². The Morgan fingerprint density at radius 3 is 1.36 bits per heavy atom. The second kappa shape index (κ2) is 24.5. The monoisotopic (exact) mass is 1390 g/mol. The molecule has 0 bridgehead atoms. The van der Waals surface area contributed by atoms with Gasteiger partial charge in [-0.05, 0) is 202 Å². The molecule has 15 aromatic carbocycles. The maximum Gasteiger partial charge on any atom is 0.252 e. The van der Waals surface area contributed by atoms with Gasteiger partial charge in [0.1, 0.15) is 22.3 Å². The van der Waals surface area contributed by atoms with Crippen molar-refractivity contribution < 1.29 is 8.83 Å². The predicted octanol–water partition coefficient (Wildman–Crippen LogP) is 26.6. The Hall–Kier alpha value is -12.6. The van der Waals surface area contributed by atoms with Gasteiger partial charge < -0.3 is 23.2 Å². The van der Waals surface area contributed by atoms with Gasteiger partial charge >= 0.3 is 0 Å². The summed E-state index contributed by atoms with van der Waals surface area (Å²) in [6.07, 6.45) is 0. The summed E-state index contributed by atoms with van der Waals surface area (Å²) in [5.41, 5.74) is 33.8. The molecule has 0 saturated heterocycles. The molecule has 0 radical (unpaired) electrons. The third-order valence-electron chi connectivity index (χ3n) is 23.0. The van der Waals surface area contributed by atoms with E-state index in [1.165, 1.54) is 55.0 Å². The van der Waals surface area contributed by atoms with Crippen LogP contribution in [0.2, 0.25) is 0 Å². The summed E-state index contributed by atoms with van der Waals surface area (Å²) in [5.74, 6) is 0. The first-order valence-electron chi connectivity index (χ1n) is 38.0. The summed E-state index contributed by atoms with van der Waals surface area (Å²) in [5, 5.41) is 6.67. The Bertz CT molecular complexity index is 6530. The molecule has 2 aliphatic heterocycles. The molecule has 0 saturated carbocycles. The van der Waals surface area contributed by atoms with Crippen LogP contribution in [0.3, 0.4) is 0 Å². The van der Waals surface area contributed by atoms with E-state index in [1.807, 2.05) is 0 Å². The first kappa shape index (κ1) is 64.9. The predicted molar refractivity (Wildman–Crippen MR) is 458 cm³/mol. The molecule has 2 aliphatic rings.